The first-order valence-corrected chi connectivity index (χ1v) is 12.2. The summed E-state index contributed by atoms with van der Waals surface area (Å²) in [6.45, 7) is 2.83. The second kappa shape index (κ2) is 10.7. The van der Waals surface area contributed by atoms with Crippen LogP contribution in [0.1, 0.15) is 42.1 Å². The van der Waals surface area contributed by atoms with Gasteiger partial charge in [0.25, 0.3) is 5.91 Å². The summed E-state index contributed by atoms with van der Waals surface area (Å²) in [6.07, 6.45) is 2.88. The van der Waals surface area contributed by atoms with Gasteiger partial charge in [0.1, 0.15) is 11.0 Å². The second-order valence-electron chi connectivity index (χ2n) is 7.90. The van der Waals surface area contributed by atoms with Gasteiger partial charge in [-0.2, -0.15) is 0 Å². The van der Waals surface area contributed by atoms with E-state index in [-0.39, 0.29) is 42.1 Å². The molecule has 9 nitrogen and oxygen atoms in total. The Bertz CT molecular complexity index is 1210. The lowest BCUT2D eigenvalue weighted by Gasteiger charge is -2.39. The lowest BCUT2D eigenvalue weighted by molar-refractivity contribution is -0.133. The van der Waals surface area contributed by atoms with E-state index >= 15 is 0 Å². The lowest BCUT2D eigenvalue weighted by atomic mass is 9.94. The molecular weight excluding hydrogens is 460 g/mol. The van der Waals surface area contributed by atoms with Gasteiger partial charge in [-0.15, -0.1) is 0 Å². The third-order valence-electron chi connectivity index (χ3n) is 5.85. The number of carbonyl (C=O) groups is 2. The number of likely N-dealkylation sites (tertiary alicyclic amines) is 1. The van der Waals surface area contributed by atoms with Gasteiger partial charge in [0.05, 0.1) is 5.56 Å². The largest absolute Gasteiger partial charge is 0.478 e. The van der Waals surface area contributed by atoms with Crippen LogP contribution in [0, 0.1) is 12.0 Å². The van der Waals surface area contributed by atoms with Gasteiger partial charge >= 0.3 is 5.97 Å². The average Bonchev–Trinajstić information content (AvgIpc) is 2.84. The number of amides is 1. The van der Waals surface area contributed by atoms with E-state index in [0.29, 0.717) is 13.0 Å². The van der Waals surface area contributed by atoms with Crippen LogP contribution in [0.15, 0.2) is 53.4 Å². The maximum absolute atomic E-state index is 13.8. The molecule has 2 aromatic rings. The molecule has 3 N–H and O–H groups in total. The van der Waals surface area contributed by atoms with E-state index < -0.39 is 26.5 Å². The minimum absolute atomic E-state index is 0.0227. The Morgan fingerprint density at radius 2 is 1.76 bits per heavy atom. The highest BCUT2D eigenvalue weighted by Gasteiger charge is 2.53. The molecule has 0 bridgehead atoms. The van der Waals surface area contributed by atoms with Crippen molar-refractivity contribution in [1.82, 2.24) is 10.4 Å². The lowest BCUT2D eigenvalue weighted by Crippen LogP contribution is -2.57. The fraction of sp³-hybridized carbons (Fsp3) is 0.333. The van der Waals surface area contributed by atoms with Gasteiger partial charge in [0, 0.05) is 26.1 Å². The number of aromatic carboxylic acids is 1. The monoisotopic (exact) mass is 486 g/mol. The maximum Gasteiger partial charge on any atom is 0.335 e. The predicted molar refractivity (Wildman–Crippen MR) is 123 cm³/mol. The Hall–Kier alpha value is -3.39. The molecule has 1 fully saturated rings. The number of hydroxylamine groups is 1. The van der Waals surface area contributed by atoms with E-state index in [1.54, 1.807) is 23.7 Å². The molecule has 3 rings (SSSR count). The van der Waals surface area contributed by atoms with Crippen LogP contribution in [0.2, 0.25) is 0 Å². The fourth-order valence-corrected chi connectivity index (χ4v) is 6.00. The number of hydrogen-bond donors (Lipinski definition) is 3. The molecule has 1 heterocycles. The standard InChI is InChI=1S/C24H26N2O7S/c1-2-3-16-33-20-6-4-5-7-21(20)34(31,32)24(23(29)25-30)12-14-26(15-13-24)17-18-8-10-19(11-9-18)22(27)28/h4-11,30H,2,12-15,17H2,1H3,(H,25,29)(H,27,28). The Labute approximate surface area is 198 Å². The summed E-state index contributed by atoms with van der Waals surface area (Å²) in [4.78, 5) is 25.6. The van der Waals surface area contributed by atoms with Crippen molar-refractivity contribution >= 4 is 21.7 Å². The number of benzene rings is 2. The molecule has 0 atom stereocenters. The van der Waals surface area contributed by atoms with Gasteiger partial charge in [0.15, 0.2) is 20.3 Å². The minimum Gasteiger partial charge on any atom is -0.478 e. The Morgan fingerprint density at radius 3 is 2.35 bits per heavy atom. The summed E-state index contributed by atoms with van der Waals surface area (Å²) < 4.78 is 31.0. The fourth-order valence-electron chi connectivity index (χ4n) is 3.93. The topological polar surface area (TPSA) is 133 Å². The molecule has 0 aliphatic carbocycles. The van der Waals surface area contributed by atoms with Crippen molar-refractivity contribution < 1.29 is 33.1 Å². The molecule has 1 saturated heterocycles. The highest BCUT2D eigenvalue weighted by molar-refractivity contribution is 7.93. The van der Waals surface area contributed by atoms with Crippen LogP contribution < -0.4 is 10.2 Å². The van der Waals surface area contributed by atoms with Crippen LogP contribution in [0.5, 0.6) is 5.75 Å². The van der Waals surface area contributed by atoms with Gasteiger partial charge in [-0.25, -0.2) is 18.7 Å². The number of para-hydroxylation sites is 1. The van der Waals surface area contributed by atoms with Crippen LogP contribution in [0.4, 0.5) is 0 Å². The number of nitrogens with one attached hydrogen (secondary N) is 1. The summed E-state index contributed by atoms with van der Waals surface area (Å²) in [5.41, 5.74) is 2.58. The van der Waals surface area contributed by atoms with Crippen molar-refractivity contribution in [3.63, 3.8) is 0 Å². The van der Waals surface area contributed by atoms with Gasteiger partial charge < -0.3 is 9.84 Å². The van der Waals surface area contributed by atoms with Crippen molar-refractivity contribution in [3.05, 3.63) is 59.7 Å². The first kappa shape index (κ1) is 25.2. The second-order valence-corrected chi connectivity index (χ2v) is 10.1. The summed E-state index contributed by atoms with van der Waals surface area (Å²) >= 11 is 0. The number of carboxylic acids is 1. The van der Waals surface area contributed by atoms with Gasteiger partial charge in [0.2, 0.25) is 0 Å². The van der Waals surface area contributed by atoms with E-state index in [4.69, 9.17) is 9.84 Å². The average molecular weight is 487 g/mol. The van der Waals surface area contributed by atoms with Crippen molar-refractivity contribution in [2.24, 2.45) is 0 Å². The predicted octanol–water partition coefficient (Wildman–Crippen LogP) is 2.45. The van der Waals surface area contributed by atoms with Crippen molar-refractivity contribution in [2.75, 3.05) is 13.1 Å². The minimum atomic E-state index is -4.27. The van der Waals surface area contributed by atoms with Crippen molar-refractivity contribution in [1.29, 1.82) is 0 Å². The van der Waals surface area contributed by atoms with Crippen LogP contribution in [-0.2, 0) is 21.2 Å². The number of carboxylic acid groups (broad SMARTS) is 1. The smallest absolute Gasteiger partial charge is 0.335 e. The molecule has 0 radical (unpaired) electrons. The van der Waals surface area contributed by atoms with Gasteiger partial charge in [-0.1, -0.05) is 37.1 Å². The molecule has 1 amide bonds. The first-order chi connectivity index (χ1) is 16.2. The molecular formula is C24H26N2O7S. The third kappa shape index (κ3) is 5.07. The summed E-state index contributed by atoms with van der Waals surface area (Å²) in [5, 5.41) is 18.4. The van der Waals surface area contributed by atoms with E-state index in [9.17, 15) is 23.2 Å². The van der Waals surface area contributed by atoms with Crippen LogP contribution in [-0.4, -0.2) is 53.3 Å². The van der Waals surface area contributed by atoms with Crippen LogP contribution in [0.3, 0.4) is 0 Å². The number of nitrogens with zero attached hydrogens (tertiary/aromatic N) is 1. The zero-order chi connectivity index (χ0) is 24.8. The quantitative estimate of drug-likeness (QED) is 0.309. The number of carbonyl (C=O) groups excluding carboxylic acids is 1. The molecule has 0 saturated carbocycles. The number of sulfone groups is 1. The van der Waals surface area contributed by atoms with Crippen LogP contribution >= 0.6 is 0 Å². The van der Waals surface area contributed by atoms with E-state index in [0.717, 1.165) is 5.56 Å². The molecule has 180 valence electrons. The molecule has 0 unspecified atom stereocenters. The SMILES string of the molecule is CCC#COc1ccccc1S(=O)(=O)C1(C(=O)NO)CCN(Cc2ccc(C(=O)O)cc2)CC1. The molecule has 2 aromatic carbocycles. The van der Waals surface area contributed by atoms with E-state index in [1.807, 2.05) is 11.8 Å². The molecule has 0 spiro atoms. The molecule has 0 aromatic heterocycles. The number of ether oxygens (including phenoxy) is 1. The molecule has 1 aliphatic rings. The highest BCUT2D eigenvalue weighted by Crippen LogP contribution is 2.39. The maximum atomic E-state index is 13.8. The Kier molecular flexibility index (Phi) is 7.94. The van der Waals surface area contributed by atoms with E-state index in [1.165, 1.54) is 30.3 Å². The highest BCUT2D eigenvalue weighted by atomic mass is 32.2. The summed E-state index contributed by atoms with van der Waals surface area (Å²) in [6, 6.07) is 12.4. The third-order valence-corrected chi connectivity index (χ3v) is 8.39. The Morgan fingerprint density at radius 1 is 1.12 bits per heavy atom. The molecule has 1 aliphatic heterocycles. The first-order valence-electron chi connectivity index (χ1n) is 10.7. The summed E-state index contributed by atoms with van der Waals surface area (Å²) in [7, 11) is -4.27. The summed E-state index contributed by atoms with van der Waals surface area (Å²) in [5.74, 6) is 0.727. The molecule has 34 heavy (non-hydrogen) atoms. The molecule has 10 heteroatoms. The van der Waals surface area contributed by atoms with Gasteiger partial charge in [-0.05, 0) is 42.7 Å². The normalized spacial score (nSPS) is 15.6. The zero-order valence-corrected chi connectivity index (χ0v) is 19.5. The number of piperidine rings is 1. The van der Waals surface area contributed by atoms with Crippen LogP contribution in [0.25, 0.3) is 0 Å². The van der Waals surface area contributed by atoms with Crippen molar-refractivity contribution in [3.8, 4) is 17.8 Å². The zero-order valence-electron chi connectivity index (χ0n) is 18.7. The number of rotatable bonds is 7. The van der Waals surface area contributed by atoms with Crippen molar-refractivity contribution in [2.45, 2.75) is 42.4 Å². The Balaban J connectivity index is 1.85. The number of hydrogen-bond acceptors (Lipinski definition) is 7. The van der Waals surface area contributed by atoms with E-state index in [2.05, 4.69) is 12.0 Å². The van der Waals surface area contributed by atoms with Gasteiger partial charge in [-0.3, -0.25) is 14.9 Å².